The van der Waals surface area contributed by atoms with Crippen LogP contribution in [0.5, 0.6) is 0 Å². The molecule has 0 aromatic rings. The fraction of sp³-hybridized carbons (Fsp3) is 0.917. The Hall–Kier alpha value is -0.310. The van der Waals surface area contributed by atoms with E-state index in [0.717, 1.165) is 24.7 Å². The predicted molar refractivity (Wildman–Crippen MR) is 70.2 cm³/mol. The van der Waals surface area contributed by atoms with Crippen LogP contribution in [0.4, 0.5) is 0 Å². The third kappa shape index (κ3) is 5.36. The van der Waals surface area contributed by atoms with Crippen molar-refractivity contribution in [3.05, 3.63) is 0 Å². The van der Waals surface area contributed by atoms with Crippen LogP contribution in [-0.4, -0.2) is 29.6 Å². The average Bonchev–Trinajstić information content (AvgIpc) is 2.30. The second kappa shape index (κ2) is 7.91. The molecule has 0 aromatic heterocycles. The van der Waals surface area contributed by atoms with Gasteiger partial charge in [0.15, 0.2) is 5.11 Å². The third-order valence-corrected chi connectivity index (χ3v) is 3.35. The van der Waals surface area contributed by atoms with Crippen LogP contribution in [0.15, 0.2) is 0 Å². The maximum atomic E-state index is 5.37. The van der Waals surface area contributed by atoms with Crippen molar-refractivity contribution in [1.29, 1.82) is 0 Å². The Kier molecular flexibility index (Phi) is 6.73. The van der Waals surface area contributed by atoms with Crippen molar-refractivity contribution in [3.8, 4) is 0 Å². The summed E-state index contributed by atoms with van der Waals surface area (Å²) in [5.74, 6) is 0. The number of unbranched alkanes of at least 4 members (excludes halogenated alkanes) is 3. The smallest absolute Gasteiger partial charge is 0.168 e. The highest BCUT2D eigenvalue weighted by Crippen LogP contribution is 2.08. The number of hydrogen-bond donors (Lipinski definition) is 1. The summed E-state index contributed by atoms with van der Waals surface area (Å²) in [6, 6.07) is 0. The highest BCUT2D eigenvalue weighted by Gasteiger charge is 2.12. The van der Waals surface area contributed by atoms with Crippen molar-refractivity contribution >= 4 is 17.3 Å². The van der Waals surface area contributed by atoms with Gasteiger partial charge in [-0.15, -0.1) is 0 Å². The van der Waals surface area contributed by atoms with Crippen LogP contribution in [0.1, 0.15) is 51.9 Å². The minimum Gasteiger partial charge on any atom is -0.363 e. The van der Waals surface area contributed by atoms with Crippen molar-refractivity contribution in [1.82, 2.24) is 10.2 Å². The van der Waals surface area contributed by atoms with Crippen LogP contribution in [0.2, 0.25) is 0 Å². The summed E-state index contributed by atoms with van der Waals surface area (Å²) in [5.41, 5.74) is 0. The molecular formula is C12H24N2S. The van der Waals surface area contributed by atoms with Crippen LogP contribution >= 0.6 is 12.2 Å². The molecule has 88 valence electrons. The fourth-order valence-electron chi connectivity index (χ4n) is 1.96. The first kappa shape index (κ1) is 12.8. The molecule has 0 aliphatic carbocycles. The normalized spacial score (nSPS) is 16.5. The number of piperidine rings is 1. The zero-order valence-electron chi connectivity index (χ0n) is 9.93. The van der Waals surface area contributed by atoms with E-state index in [9.17, 15) is 0 Å². The van der Waals surface area contributed by atoms with Gasteiger partial charge in [0.05, 0.1) is 0 Å². The molecular weight excluding hydrogens is 204 g/mol. The Balaban J connectivity index is 2.02. The summed E-state index contributed by atoms with van der Waals surface area (Å²) >= 11 is 5.37. The predicted octanol–water partition coefficient (Wildman–Crippen LogP) is 2.93. The van der Waals surface area contributed by atoms with E-state index in [1.807, 2.05) is 0 Å². The molecule has 1 heterocycles. The van der Waals surface area contributed by atoms with Crippen LogP contribution in [-0.2, 0) is 0 Å². The lowest BCUT2D eigenvalue weighted by atomic mass is 10.1. The van der Waals surface area contributed by atoms with Crippen molar-refractivity contribution in [2.45, 2.75) is 51.9 Å². The number of hydrogen-bond acceptors (Lipinski definition) is 1. The number of nitrogens with one attached hydrogen (secondary N) is 1. The summed E-state index contributed by atoms with van der Waals surface area (Å²) in [7, 11) is 0. The van der Waals surface area contributed by atoms with Crippen molar-refractivity contribution in [3.63, 3.8) is 0 Å². The van der Waals surface area contributed by atoms with Gasteiger partial charge in [0, 0.05) is 19.6 Å². The molecule has 1 rings (SSSR count). The quantitative estimate of drug-likeness (QED) is 0.575. The minimum atomic E-state index is 0.978. The Morgan fingerprint density at radius 1 is 1.13 bits per heavy atom. The topological polar surface area (TPSA) is 15.3 Å². The molecule has 0 amide bonds. The van der Waals surface area contributed by atoms with Crippen LogP contribution in [0.25, 0.3) is 0 Å². The van der Waals surface area contributed by atoms with Crippen molar-refractivity contribution in [2.75, 3.05) is 19.6 Å². The maximum Gasteiger partial charge on any atom is 0.168 e. The Morgan fingerprint density at radius 3 is 2.53 bits per heavy atom. The zero-order valence-corrected chi connectivity index (χ0v) is 10.7. The first-order valence-corrected chi connectivity index (χ1v) is 6.78. The monoisotopic (exact) mass is 228 g/mol. The number of nitrogens with zero attached hydrogens (tertiary/aromatic N) is 1. The van der Waals surface area contributed by atoms with Gasteiger partial charge in [0.2, 0.25) is 0 Å². The average molecular weight is 228 g/mol. The largest absolute Gasteiger partial charge is 0.363 e. The molecule has 3 heteroatoms. The molecule has 1 N–H and O–H groups in total. The van der Waals surface area contributed by atoms with Gasteiger partial charge in [-0.2, -0.15) is 0 Å². The van der Waals surface area contributed by atoms with E-state index < -0.39 is 0 Å². The molecule has 0 radical (unpaired) electrons. The number of thiocarbonyl (C=S) groups is 1. The van der Waals surface area contributed by atoms with E-state index in [-0.39, 0.29) is 0 Å². The lowest BCUT2D eigenvalue weighted by Crippen LogP contribution is -2.42. The van der Waals surface area contributed by atoms with Gasteiger partial charge in [0.25, 0.3) is 0 Å². The molecule has 0 bridgehead atoms. The molecule has 0 aromatic carbocycles. The van der Waals surface area contributed by atoms with E-state index >= 15 is 0 Å². The summed E-state index contributed by atoms with van der Waals surface area (Å²) < 4.78 is 0. The summed E-state index contributed by atoms with van der Waals surface area (Å²) in [4.78, 5) is 2.32. The van der Waals surface area contributed by atoms with Gasteiger partial charge in [-0.25, -0.2) is 0 Å². The van der Waals surface area contributed by atoms with Gasteiger partial charge in [0.1, 0.15) is 0 Å². The molecule has 2 nitrogen and oxygen atoms in total. The summed E-state index contributed by atoms with van der Waals surface area (Å²) in [6.45, 7) is 5.60. The fourth-order valence-corrected chi connectivity index (χ4v) is 2.24. The van der Waals surface area contributed by atoms with E-state index in [1.54, 1.807) is 0 Å². The van der Waals surface area contributed by atoms with Crippen LogP contribution in [0, 0.1) is 0 Å². The van der Waals surface area contributed by atoms with E-state index in [2.05, 4.69) is 17.1 Å². The lowest BCUT2D eigenvalue weighted by Gasteiger charge is -2.29. The van der Waals surface area contributed by atoms with Crippen LogP contribution in [0.3, 0.4) is 0 Å². The molecule has 0 saturated carbocycles. The molecule has 1 aliphatic rings. The molecule has 1 aliphatic heterocycles. The molecule has 1 fully saturated rings. The third-order valence-electron chi connectivity index (χ3n) is 2.95. The zero-order chi connectivity index (χ0) is 10.9. The first-order valence-electron chi connectivity index (χ1n) is 6.37. The molecule has 0 unspecified atom stereocenters. The Morgan fingerprint density at radius 2 is 1.87 bits per heavy atom. The highest BCUT2D eigenvalue weighted by molar-refractivity contribution is 7.80. The SMILES string of the molecule is CCCCCCNC(=S)N1CCCCC1. The maximum absolute atomic E-state index is 5.37. The van der Waals surface area contributed by atoms with Crippen molar-refractivity contribution < 1.29 is 0 Å². The van der Waals surface area contributed by atoms with Crippen LogP contribution < -0.4 is 5.32 Å². The standard InChI is InChI=1S/C12H24N2S/c1-2-3-4-6-9-13-12(15)14-10-7-5-8-11-14/h2-11H2,1H3,(H,13,15). The van der Waals surface area contributed by atoms with Gasteiger partial charge < -0.3 is 10.2 Å². The number of likely N-dealkylation sites (tertiary alicyclic amines) is 1. The highest BCUT2D eigenvalue weighted by atomic mass is 32.1. The lowest BCUT2D eigenvalue weighted by molar-refractivity contribution is 0.337. The molecule has 1 saturated heterocycles. The van der Waals surface area contributed by atoms with Gasteiger partial charge in [-0.1, -0.05) is 26.2 Å². The van der Waals surface area contributed by atoms with Gasteiger partial charge in [-0.3, -0.25) is 0 Å². The van der Waals surface area contributed by atoms with E-state index in [4.69, 9.17) is 12.2 Å². The number of rotatable bonds is 5. The van der Waals surface area contributed by atoms with E-state index in [1.165, 1.54) is 44.9 Å². The second-order valence-corrected chi connectivity index (χ2v) is 4.73. The first-order chi connectivity index (χ1) is 7.34. The molecule has 0 atom stereocenters. The second-order valence-electron chi connectivity index (χ2n) is 4.34. The van der Waals surface area contributed by atoms with Gasteiger partial charge >= 0.3 is 0 Å². The molecule has 15 heavy (non-hydrogen) atoms. The van der Waals surface area contributed by atoms with Gasteiger partial charge in [-0.05, 0) is 37.9 Å². The Bertz CT molecular complexity index is 176. The minimum absolute atomic E-state index is 0.978. The summed E-state index contributed by atoms with van der Waals surface area (Å²) in [5, 5.41) is 4.35. The van der Waals surface area contributed by atoms with E-state index in [0.29, 0.717) is 0 Å². The Labute approximate surface area is 99.4 Å². The van der Waals surface area contributed by atoms with Crippen molar-refractivity contribution in [2.24, 2.45) is 0 Å². The molecule has 0 spiro atoms. The summed E-state index contributed by atoms with van der Waals surface area (Å²) in [6.07, 6.45) is 9.20.